The average molecular weight is 161 g/mol. The van der Waals surface area contributed by atoms with Crippen molar-refractivity contribution < 1.29 is 4.79 Å². The van der Waals surface area contributed by atoms with Gasteiger partial charge in [-0.2, -0.15) is 0 Å². The molecule has 0 aliphatic heterocycles. The van der Waals surface area contributed by atoms with Gasteiger partial charge in [0.1, 0.15) is 5.69 Å². The highest BCUT2D eigenvalue weighted by atomic mass is 16.3. The normalized spacial score (nSPS) is 14.5. The predicted molar refractivity (Wildman–Crippen MR) is 44.5 cm³/mol. The lowest BCUT2D eigenvalue weighted by molar-refractivity contribution is 0.0994. The molecule has 3 nitrogen and oxygen atoms in total. The fraction of sp³-hybridized carbons (Fsp3) is 0.222. The number of aryl methyl sites for hydroxylation is 1. The Morgan fingerprint density at radius 3 is 2.83 bits per heavy atom. The molecule has 0 fully saturated rings. The maximum absolute atomic E-state index is 11.2. The minimum Gasteiger partial charge on any atom is -0.294 e. The summed E-state index contributed by atoms with van der Waals surface area (Å²) in [4.78, 5) is 21.3. The van der Waals surface area contributed by atoms with Gasteiger partial charge >= 0.3 is 0 Å². The number of Topliss-reactive ketones (excluding diaryl/α,β-unsaturated/α-hetero) is 1. The maximum atomic E-state index is 11.2. The van der Waals surface area contributed by atoms with Crippen LogP contribution in [0.4, 0.5) is 5.69 Å². The lowest BCUT2D eigenvalue weighted by atomic mass is 10.1. The number of hydrogen-bond acceptors (Lipinski definition) is 3. The molecule has 2 rings (SSSR count). The maximum Gasteiger partial charge on any atom is 0.163 e. The Kier molecular flexibility index (Phi) is 1.50. The Balaban J connectivity index is 2.57. The molecule has 1 aromatic carbocycles. The molecular formula is C9H7NO2. The quantitative estimate of drug-likeness (QED) is 0.593. The Labute approximate surface area is 69.4 Å². The molecule has 3 heteroatoms. The second-order valence-electron chi connectivity index (χ2n) is 2.86. The van der Waals surface area contributed by atoms with E-state index in [1.807, 2.05) is 0 Å². The molecule has 0 bridgehead atoms. The zero-order valence-corrected chi connectivity index (χ0v) is 6.41. The van der Waals surface area contributed by atoms with Crippen LogP contribution in [0, 0.1) is 4.91 Å². The molecule has 1 aliphatic rings. The fourth-order valence-corrected chi connectivity index (χ4v) is 1.48. The Hall–Kier alpha value is -1.51. The van der Waals surface area contributed by atoms with E-state index in [-0.39, 0.29) is 5.78 Å². The molecule has 12 heavy (non-hydrogen) atoms. The topological polar surface area (TPSA) is 46.5 Å². The zero-order chi connectivity index (χ0) is 8.55. The van der Waals surface area contributed by atoms with Crippen LogP contribution in [-0.4, -0.2) is 5.78 Å². The van der Waals surface area contributed by atoms with Crippen molar-refractivity contribution in [2.45, 2.75) is 12.8 Å². The van der Waals surface area contributed by atoms with Crippen LogP contribution in [0.15, 0.2) is 23.4 Å². The van der Waals surface area contributed by atoms with Gasteiger partial charge in [-0.3, -0.25) is 4.79 Å². The number of rotatable bonds is 1. The summed E-state index contributed by atoms with van der Waals surface area (Å²) >= 11 is 0. The van der Waals surface area contributed by atoms with Gasteiger partial charge in [0.05, 0.1) is 0 Å². The highest BCUT2D eigenvalue weighted by molar-refractivity contribution is 6.01. The molecule has 0 atom stereocenters. The molecule has 0 unspecified atom stereocenters. The van der Waals surface area contributed by atoms with Crippen molar-refractivity contribution in [3.63, 3.8) is 0 Å². The van der Waals surface area contributed by atoms with Gasteiger partial charge in [-0.25, -0.2) is 0 Å². The predicted octanol–water partition coefficient (Wildman–Crippen LogP) is 2.21. The van der Waals surface area contributed by atoms with Crippen molar-refractivity contribution >= 4 is 11.5 Å². The molecule has 0 aromatic heterocycles. The second kappa shape index (κ2) is 2.52. The molecule has 1 aromatic rings. The Bertz CT molecular complexity index is 358. The number of hydrogen-bond donors (Lipinski definition) is 0. The molecule has 0 amide bonds. The molecular weight excluding hydrogens is 154 g/mol. The van der Waals surface area contributed by atoms with E-state index in [4.69, 9.17) is 0 Å². The Morgan fingerprint density at radius 1 is 1.25 bits per heavy atom. The molecule has 1 aliphatic carbocycles. The van der Waals surface area contributed by atoms with Crippen molar-refractivity contribution in [1.29, 1.82) is 0 Å². The summed E-state index contributed by atoms with van der Waals surface area (Å²) in [5.41, 5.74) is 2.04. The van der Waals surface area contributed by atoms with E-state index in [2.05, 4.69) is 5.18 Å². The van der Waals surface area contributed by atoms with Crippen LogP contribution in [0.5, 0.6) is 0 Å². The monoisotopic (exact) mass is 161 g/mol. The first-order chi connectivity index (χ1) is 5.81. The van der Waals surface area contributed by atoms with Gasteiger partial charge in [-0.1, -0.05) is 6.07 Å². The van der Waals surface area contributed by atoms with Crippen molar-refractivity contribution in [2.24, 2.45) is 5.18 Å². The van der Waals surface area contributed by atoms with Gasteiger partial charge in [0.25, 0.3) is 0 Å². The largest absolute Gasteiger partial charge is 0.294 e. The lowest BCUT2D eigenvalue weighted by Crippen LogP contribution is -1.89. The highest BCUT2D eigenvalue weighted by Gasteiger charge is 2.19. The molecule has 60 valence electrons. The summed E-state index contributed by atoms with van der Waals surface area (Å²) in [6.07, 6.45) is 1.37. The third kappa shape index (κ3) is 0.942. The van der Waals surface area contributed by atoms with Gasteiger partial charge < -0.3 is 0 Å². The number of ketones is 1. The number of carbonyl (C=O) groups is 1. The summed E-state index contributed by atoms with van der Waals surface area (Å²) in [5, 5.41) is 2.78. The van der Waals surface area contributed by atoms with Crippen LogP contribution in [0.25, 0.3) is 0 Å². The third-order valence-corrected chi connectivity index (χ3v) is 2.12. The number of carbonyl (C=O) groups excluding carboxylic acids is 1. The molecule has 0 N–H and O–H groups in total. The summed E-state index contributed by atoms with van der Waals surface area (Å²) in [5.74, 6) is 0.121. The van der Waals surface area contributed by atoms with Gasteiger partial charge in [0.15, 0.2) is 5.78 Å². The van der Waals surface area contributed by atoms with Crippen LogP contribution < -0.4 is 0 Å². The number of fused-ring (bicyclic) bond motifs is 1. The first-order valence-electron chi connectivity index (χ1n) is 3.81. The first-order valence-corrected chi connectivity index (χ1v) is 3.81. The van der Waals surface area contributed by atoms with Crippen molar-refractivity contribution in [3.05, 3.63) is 34.2 Å². The second-order valence-corrected chi connectivity index (χ2v) is 2.86. The molecule has 0 saturated heterocycles. The molecule has 0 spiro atoms. The fourth-order valence-electron chi connectivity index (χ4n) is 1.48. The number of nitroso groups, excluding NO2 is 1. The third-order valence-electron chi connectivity index (χ3n) is 2.12. The van der Waals surface area contributed by atoms with E-state index in [9.17, 15) is 9.70 Å². The van der Waals surface area contributed by atoms with Gasteiger partial charge in [-0.15, -0.1) is 4.91 Å². The van der Waals surface area contributed by atoms with Crippen molar-refractivity contribution in [3.8, 4) is 0 Å². The van der Waals surface area contributed by atoms with Crippen LogP contribution in [0.3, 0.4) is 0 Å². The zero-order valence-electron chi connectivity index (χ0n) is 6.41. The van der Waals surface area contributed by atoms with Gasteiger partial charge in [-0.05, 0) is 29.3 Å². The van der Waals surface area contributed by atoms with E-state index >= 15 is 0 Å². The van der Waals surface area contributed by atoms with Gasteiger partial charge in [0, 0.05) is 12.0 Å². The first kappa shape index (κ1) is 7.16. The summed E-state index contributed by atoms with van der Waals surface area (Å²) in [6.45, 7) is 0. The molecule has 0 radical (unpaired) electrons. The highest BCUT2D eigenvalue weighted by Crippen LogP contribution is 2.25. The average Bonchev–Trinajstić information content (AvgIpc) is 2.47. The van der Waals surface area contributed by atoms with Crippen LogP contribution in [0.2, 0.25) is 0 Å². The van der Waals surface area contributed by atoms with Crippen molar-refractivity contribution in [1.82, 2.24) is 0 Å². The summed E-state index contributed by atoms with van der Waals surface area (Å²) < 4.78 is 0. The summed E-state index contributed by atoms with van der Waals surface area (Å²) in [7, 11) is 0. The van der Waals surface area contributed by atoms with Crippen molar-refractivity contribution in [2.75, 3.05) is 0 Å². The van der Waals surface area contributed by atoms with Crippen LogP contribution in [-0.2, 0) is 6.42 Å². The minimum atomic E-state index is 0.121. The Morgan fingerprint density at radius 2 is 2.08 bits per heavy atom. The molecule has 0 saturated carbocycles. The summed E-state index contributed by atoms with van der Waals surface area (Å²) in [6, 6.07) is 5.01. The van der Waals surface area contributed by atoms with E-state index in [1.165, 1.54) is 0 Å². The minimum absolute atomic E-state index is 0.121. The molecule has 0 heterocycles. The number of nitrogens with zero attached hydrogens (tertiary/aromatic N) is 1. The van der Waals surface area contributed by atoms with Crippen LogP contribution in [0.1, 0.15) is 22.3 Å². The smallest absolute Gasteiger partial charge is 0.163 e. The number of benzene rings is 1. The lowest BCUT2D eigenvalue weighted by Gasteiger charge is -1.95. The van der Waals surface area contributed by atoms with Crippen LogP contribution >= 0.6 is 0 Å². The van der Waals surface area contributed by atoms with E-state index in [0.717, 1.165) is 12.0 Å². The standard InChI is InChI=1S/C9H7NO2/c11-9-4-2-6-1-3-7(10-12)5-8(6)9/h1,3,5H,2,4H2. The SMILES string of the molecule is O=Nc1ccc2c(c1)C(=O)CC2. The van der Waals surface area contributed by atoms with E-state index in [0.29, 0.717) is 17.7 Å². The van der Waals surface area contributed by atoms with E-state index in [1.54, 1.807) is 18.2 Å². The van der Waals surface area contributed by atoms with E-state index < -0.39 is 0 Å². The van der Waals surface area contributed by atoms with Gasteiger partial charge in [0.2, 0.25) is 0 Å².